The van der Waals surface area contributed by atoms with Gasteiger partial charge in [0.25, 0.3) is 5.91 Å². The number of hydrogen-bond acceptors (Lipinski definition) is 4. The number of rotatable bonds is 4. The van der Waals surface area contributed by atoms with Crippen LogP contribution in [0.1, 0.15) is 23.2 Å². The van der Waals surface area contributed by atoms with E-state index in [-0.39, 0.29) is 30.6 Å². The zero-order valence-corrected chi connectivity index (χ0v) is 13.1. The second-order valence-electron chi connectivity index (χ2n) is 5.36. The summed E-state index contributed by atoms with van der Waals surface area (Å²) >= 11 is 0. The minimum absolute atomic E-state index is 0.214. The molecule has 0 radical (unpaired) electrons. The van der Waals surface area contributed by atoms with E-state index < -0.39 is 0 Å². The molecule has 0 aliphatic carbocycles. The normalized spacial score (nSPS) is 14.0. The van der Waals surface area contributed by atoms with E-state index in [9.17, 15) is 14.4 Å². The Labute approximate surface area is 139 Å². The number of nitrogens with one attached hydrogen (secondary N) is 1. The Morgan fingerprint density at radius 3 is 2.33 bits per heavy atom. The highest BCUT2D eigenvalue weighted by atomic mass is 16.5. The minimum atomic E-state index is -0.283. The fourth-order valence-electron chi connectivity index (χ4n) is 2.53. The van der Waals surface area contributed by atoms with E-state index in [0.29, 0.717) is 22.7 Å². The molecule has 3 amide bonds. The van der Waals surface area contributed by atoms with Crippen molar-refractivity contribution in [1.29, 1.82) is 0 Å². The Hall–Kier alpha value is -3.15. The van der Waals surface area contributed by atoms with Gasteiger partial charge in [0.2, 0.25) is 11.8 Å². The highest BCUT2D eigenvalue weighted by molar-refractivity contribution is 6.20. The molecule has 3 rings (SSSR count). The summed E-state index contributed by atoms with van der Waals surface area (Å²) in [5, 5.41) is 2.77. The van der Waals surface area contributed by atoms with E-state index in [1.807, 2.05) is 0 Å². The lowest BCUT2D eigenvalue weighted by molar-refractivity contribution is -0.121. The molecule has 1 heterocycles. The highest BCUT2D eigenvalue weighted by Gasteiger charge is 2.30. The quantitative estimate of drug-likeness (QED) is 0.877. The molecule has 6 heteroatoms. The molecule has 0 bridgehead atoms. The predicted octanol–water partition coefficient (Wildman–Crippen LogP) is 2.60. The Bertz CT molecular complexity index is 783. The highest BCUT2D eigenvalue weighted by Crippen LogP contribution is 2.23. The van der Waals surface area contributed by atoms with Crippen molar-refractivity contribution in [3.8, 4) is 5.75 Å². The van der Waals surface area contributed by atoms with Crippen LogP contribution in [0.15, 0.2) is 48.5 Å². The lowest BCUT2D eigenvalue weighted by Gasteiger charge is -2.14. The van der Waals surface area contributed by atoms with Crippen molar-refractivity contribution in [3.05, 3.63) is 54.1 Å². The van der Waals surface area contributed by atoms with E-state index in [4.69, 9.17) is 4.74 Å². The van der Waals surface area contributed by atoms with Crippen molar-refractivity contribution in [1.82, 2.24) is 0 Å². The molecular formula is C18H16N2O4. The standard InChI is InChI=1S/C18H16N2O4/c1-24-15-4-2-3-13(11-15)19-18(23)12-5-7-14(8-6-12)20-16(21)9-10-17(20)22/h2-8,11H,9-10H2,1H3,(H,19,23). The van der Waals surface area contributed by atoms with Gasteiger partial charge in [0.1, 0.15) is 5.75 Å². The molecule has 2 aromatic rings. The summed E-state index contributed by atoms with van der Waals surface area (Å²) in [7, 11) is 1.56. The van der Waals surface area contributed by atoms with Crippen molar-refractivity contribution in [2.75, 3.05) is 17.3 Å². The molecule has 1 fully saturated rings. The molecule has 0 unspecified atom stereocenters. The van der Waals surface area contributed by atoms with Gasteiger partial charge in [-0.15, -0.1) is 0 Å². The molecule has 2 aromatic carbocycles. The average molecular weight is 324 g/mol. The number of carbonyl (C=O) groups is 3. The first-order valence-electron chi connectivity index (χ1n) is 7.50. The maximum Gasteiger partial charge on any atom is 0.255 e. The first-order chi connectivity index (χ1) is 11.6. The molecule has 24 heavy (non-hydrogen) atoms. The average Bonchev–Trinajstić information content (AvgIpc) is 2.94. The minimum Gasteiger partial charge on any atom is -0.497 e. The van der Waals surface area contributed by atoms with Gasteiger partial charge in [0.05, 0.1) is 12.8 Å². The molecule has 1 aliphatic heterocycles. The Balaban J connectivity index is 1.74. The third kappa shape index (κ3) is 3.12. The molecule has 0 atom stereocenters. The largest absolute Gasteiger partial charge is 0.497 e. The SMILES string of the molecule is COc1cccc(NC(=O)c2ccc(N3C(=O)CCC3=O)cc2)c1. The van der Waals surface area contributed by atoms with Gasteiger partial charge in [-0.2, -0.15) is 0 Å². The van der Waals surface area contributed by atoms with Crippen molar-refractivity contribution in [2.24, 2.45) is 0 Å². The van der Waals surface area contributed by atoms with Crippen LogP contribution < -0.4 is 15.0 Å². The van der Waals surface area contributed by atoms with Crippen molar-refractivity contribution >= 4 is 29.1 Å². The topological polar surface area (TPSA) is 75.7 Å². The molecule has 0 aromatic heterocycles. The third-order valence-electron chi connectivity index (χ3n) is 3.77. The molecule has 1 N–H and O–H groups in total. The van der Waals surface area contributed by atoms with Gasteiger partial charge in [-0.3, -0.25) is 19.3 Å². The van der Waals surface area contributed by atoms with Gasteiger partial charge < -0.3 is 10.1 Å². The molecule has 1 aliphatic rings. The van der Waals surface area contributed by atoms with Gasteiger partial charge >= 0.3 is 0 Å². The number of anilines is 2. The number of nitrogens with zero attached hydrogens (tertiary/aromatic N) is 1. The number of hydrogen-bond donors (Lipinski definition) is 1. The van der Waals surface area contributed by atoms with Gasteiger partial charge in [0, 0.05) is 30.2 Å². The molecular weight excluding hydrogens is 308 g/mol. The van der Waals surface area contributed by atoms with Gasteiger partial charge in [-0.1, -0.05) is 6.07 Å². The summed E-state index contributed by atoms with van der Waals surface area (Å²) in [5.41, 5.74) is 1.54. The van der Waals surface area contributed by atoms with Crippen LogP contribution in [-0.4, -0.2) is 24.8 Å². The molecule has 0 spiro atoms. The summed E-state index contributed by atoms with van der Waals surface area (Å²) in [6, 6.07) is 13.4. The second kappa shape index (κ2) is 6.54. The van der Waals surface area contributed by atoms with Crippen molar-refractivity contribution in [2.45, 2.75) is 12.8 Å². The van der Waals surface area contributed by atoms with E-state index in [1.165, 1.54) is 0 Å². The van der Waals surface area contributed by atoms with Crippen molar-refractivity contribution in [3.63, 3.8) is 0 Å². The summed E-state index contributed by atoms with van der Waals surface area (Å²) in [4.78, 5) is 36.9. The van der Waals surface area contributed by atoms with Gasteiger partial charge in [0.15, 0.2) is 0 Å². The number of imide groups is 1. The van der Waals surface area contributed by atoms with Crippen LogP contribution in [0, 0.1) is 0 Å². The fraction of sp³-hybridized carbons (Fsp3) is 0.167. The van der Waals surface area contributed by atoms with Crippen LogP contribution in [0.2, 0.25) is 0 Å². The lowest BCUT2D eigenvalue weighted by Crippen LogP contribution is -2.28. The van der Waals surface area contributed by atoms with E-state index >= 15 is 0 Å². The maximum absolute atomic E-state index is 12.3. The van der Waals surface area contributed by atoms with Gasteiger partial charge in [-0.05, 0) is 36.4 Å². The number of benzene rings is 2. The number of amides is 3. The fourth-order valence-corrected chi connectivity index (χ4v) is 2.53. The van der Waals surface area contributed by atoms with Crippen molar-refractivity contribution < 1.29 is 19.1 Å². The maximum atomic E-state index is 12.3. The molecule has 0 saturated carbocycles. The Morgan fingerprint density at radius 2 is 1.71 bits per heavy atom. The van der Waals surface area contributed by atoms with Crippen LogP contribution in [0.25, 0.3) is 0 Å². The smallest absolute Gasteiger partial charge is 0.255 e. The van der Waals surface area contributed by atoms with Gasteiger partial charge in [-0.25, -0.2) is 0 Å². The second-order valence-corrected chi connectivity index (χ2v) is 5.36. The summed E-state index contributed by atoms with van der Waals surface area (Å²) in [5.74, 6) is -0.0646. The number of methoxy groups -OCH3 is 1. The Morgan fingerprint density at radius 1 is 1.04 bits per heavy atom. The van der Waals surface area contributed by atoms with Crippen LogP contribution in [0.3, 0.4) is 0 Å². The zero-order chi connectivity index (χ0) is 17.1. The summed E-state index contributed by atoms with van der Waals surface area (Å²) < 4.78 is 5.11. The van der Waals surface area contributed by atoms with E-state index in [2.05, 4.69) is 5.32 Å². The molecule has 1 saturated heterocycles. The van der Waals surface area contributed by atoms with Crippen LogP contribution in [0.5, 0.6) is 5.75 Å². The van der Waals surface area contributed by atoms with E-state index in [1.54, 1.807) is 55.6 Å². The number of carbonyl (C=O) groups excluding carboxylic acids is 3. The predicted molar refractivity (Wildman–Crippen MR) is 89.1 cm³/mol. The molecule has 122 valence electrons. The molecule has 6 nitrogen and oxygen atoms in total. The lowest BCUT2D eigenvalue weighted by atomic mass is 10.1. The monoisotopic (exact) mass is 324 g/mol. The Kier molecular flexibility index (Phi) is 4.29. The number of ether oxygens (including phenoxy) is 1. The third-order valence-corrected chi connectivity index (χ3v) is 3.77. The summed E-state index contributed by atoms with van der Waals surface area (Å²) in [6.45, 7) is 0. The van der Waals surface area contributed by atoms with Crippen LogP contribution in [-0.2, 0) is 9.59 Å². The van der Waals surface area contributed by atoms with Crippen LogP contribution >= 0.6 is 0 Å². The first kappa shape index (κ1) is 15.7. The van der Waals surface area contributed by atoms with E-state index in [0.717, 1.165) is 4.90 Å². The zero-order valence-electron chi connectivity index (χ0n) is 13.1. The van der Waals surface area contributed by atoms with Crippen LogP contribution in [0.4, 0.5) is 11.4 Å². The first-order valence-corrected chi connectivity index (χ1v) is 7.50. The summed E-state index contributed by atoms with van der Waals surface area (Å²) in [6.07, 6.45) is 0.466.